The van der Waals surface area contributed by atoms with Crippen LogP contribution in [0.25, 0.3) is 0 Å². The topological polar surface area (TPSA) is 35.8 Å². The van der Waals surface area contributed by atoms with Gasteiger partial charge in [0.25, 0.3) is 0 Å². The first-order valence-electron chi connectivity index (χ1n) is 6.58. The summed E-state index contributed by atoms with van der Waals surface area (Å²) in [6, 6.07) is 6.60. The lowest BCUT2D eigenvalue weighted by Crippen LogP contribution is -2.21. The Morgan fingerprint density at radius 3 is 2.94 bits per heavy atom. The normalized spacial score (nSPS) is 22.9. The van der Waals surface area contributed by atoms with Crippen LogP contribution in [-0.2, 0) is 6.54 Å². The maximum Gasteiger partial charge on any atom is 0.140 e. The van der Waals surface area contributed by atoms with E-state index in [9.17, 15) is 4.39 Å². The van der Waals surface area contributed by atoms with Crippen molar-refractivity contribution in [3.05, 3.63) is 35.1 Å². The first-order chi connectivity index (χ1) is 8.69. The lowest BCUT2D eigenvalue weighted by Gasteiger charge is -2.11. The van der Waals surface area contributed by atoms with Gasteiger partial charge >= 0.3 is 0 Å². The fourth-order valence-corrected chi connectivity index (χ4v) is 2.70. The molecule has 0 aliphatic heterocycles. The molecule has 1 aromatic rings. The summed E-state index contributed by atoms with van der Waals surface area (Å²) in [5.41, 5.74) is 1.10. The molecule has 2 rings (SSSR count). The minimum atomic E-state index is -0.439. The Bertz CT molecular complexity index is 450. The van der Waals surface area contributed by atoms with E-state index >= 15 is 0 Å². The highest BCUT2D eigenvalue weighted by molar-refractivity contribution is 5.34. The van der Waals surface area contributed by atoms with Crippen molar-refractivity contribution in [1.82, 2.24) is 5.32 Å². The van der Waals surface area contributed by atoms with Crippen LogP contribution in [0.1, 0.15) is 37.3 Å². The summed E-state index contributed by atoms with van der Waals surface area (Å²) in [7, 11) is 0. The maximum absolute atomic E-state index is 13.1. The number of nitrogens with one attached hydrogen (secondary N) is 1. The lowest BCUT2D eigenvalue weighted by atomic mass is 10.1. The summed E-state index contributed by atoms with van der Waals surface area (Å²) in [5.74, 6) is 1.19. The number of halogens is 1. The van der Waals surface area contributed by atoms with Crippen LogP contribution in [0.15, 0.2) is 18.2 Å². The number of hydrogen-bond acceptors (Lipinski definition) is 2. The average molecular weight is 246 g/mol. The van der Waals surface area contributed by atoms with Crippen LogP contribution < -0.4 is 5.32 Å². The first-order valence-corrected chi connectivity index (χ1v) is 6.58. The molecule has 1 fully saturated rings. The molecule has 96 valence electrons. The van der Waals surface area contributed by atoms with Crippen molar-refractivity contribution in [2.75, 3.05) is 6.54 Å². The molecule has 0 heterocycles. The van der Waals surface area contributed by atoms with Gasteiger partial charge in [0.15, 0.2) is 0 Å². The third-order valence-electron chi connectivity index (χ3n) is 3.72. The Morgan fingerprint density at radius 2 is 2.28 bits per heavy atom. The second-order valence-electron chi connectivity index (χ2n) is 5.34. The van der Waals surface area contributed by atoms with Crippen LogP contribution in [-0.4, -0.2) is 6.54 Å². The molecule has 0 aromatic heterocycles. The molecule has 1 aromatic carbocycles. The molecule has 1 aliphatic carbocycles. The van der Waals surface area contributed by atoms with E-state index in [2.05, 4.69) is 12.2 Å². The van der Waals surface area contributed by atoms with E-state index < -0.39 is 5.82 Å². The number of benzene rings is 1. The van der Waals surface area contributed by atoms with Crippen molar-refractivity contribution in [1.29, 1.82) is 5.26 Å². The van der Waals surface area contributed by atoms with E-state index in [4.69, 9.17) is 5.26 Å². The van der Waals surface area contributed by atoms with Crippen LogP contribution in [0.3, 0.4) is 0 Å². The fraction of sp³-hybridized carbons (Fsp3) is 0.533. The number of nitriles is 1. The van der Waals surface area contributed by atoms with E-state index in [0.29, 0.717) is 6.54 Å². The molecule has 18 heavy (non-hydrogen) atoms. The van der Waals surface area contributed by atoms with Crippen molar-refractivity contribution in [3.8, 4) is 6.07 Å². The van der Waals surface area contributed by atoms with Crippen molar-refractivity contribution in [2.24, 2.45) is 11.8 Å². The molecule has 0 bridgehead atoms. The van der Waals surface area contributed by atoms with E-state index in [1.165, 1.54) is 25.3 Å². The molecule has 1 aliphatic rings. The first kappa shape index (κ1) is 13.0. The van der Waals surface area contributed by atoms with E-state index in [1.54, 1.807) is 12.1 Å². The monoisotopic (exact) mass is 246 g/mol. The summed E-state index contributed by atoms with van der Waals surface area (Å²) < 4.78 is 13.1. The quantitative estimate of drug-likeness (QED) is 0.885. The summed E-state index contributed by atoms with van der Waals surface area (Å²) in [5, 5.41) is 12.2. The van der Waals surface area contributed by atoms with Crippen molar-refractivity contribution < 1.29 is 4.39 Å². The Morgan fingerprint density at radius 1 is 1.44 bits per heavy atom. The average Bonchev–Trinajstić information content (AvgIpc) is 2.77. The summed E-state index contributed by atoms with van der Waals surface area (Å²) in [6.07, 6.45) is 3.95. The molecule has 0 amide bonds. The highest BCUT2D eigenvalue weighted by atomic mass is 19.1. The number of nitrogens with zero attached hydrogens (tertiary/aromatic N) is 1. The van der Waals surface area contributed by atoms with Crippen molar-refractivity contribution >= 4 is 0 Å². The third kappa shape index (κ3) is 3.30. The van der Waals surface area contributed by atoms with Gasteiger partial charge in [0.05, 0.1) is 5.56 Å². The van der Waals surface area contributed by atoms with Gasteiger partial charge < -0.3 is 5.32 Å². The van der Waals surface area contributed by atoms with Gasteiger partial charge in [-0.1, -0.05) is 19.4 Å². The molecule has 1 saturated carbocycles. The van der Waals surface area contributed by atoms with Crippen LogP contribution in [0.2, 0.25) is 0 Å². The lowest BCUT2D eigenvalue weighted by molar-refractivity contribution is 0.470. The Labute approximate surface area is 108 Å². The van der Waals surface area contributed by atoms with Crippen LogP contribution in [0, 0.1) is 29.0 Å². The van der Waals surface area contributed by atoms with Crippen molar-refractivity contribution in [2.45, 2.75) is 32.7 Å². The van der Waals surface area contributed by atoms with Gasteiger partial charge in [-0.15, -0.1) is 0 Å². The largest absolute Gasteiger partial charge is 0.312 e. The third-order valence-corrected chi connectivity index (χ3v) is 3.72. The van der Waals surface area contributed by atoms with Gasteiger partial charge in [0.2, 0.25) is 0 Å². The molecule has 0 spiro atoms. The standard InChI is InChI=1S/C15H19FN2/c1-11-2-3-12(6-11)9-18-10-13-4-5-15(16)14(7-13)8-17/h4-5,7,11-12,18H,2-3,6,9-10H2,1H3. The predicted molar refractivity (Wildman–Crippen MR) is 69.3 cm³/mol. The van der Waals surface area contributed by atoms with Gasteiger partial charge in [-0.05, 0) is 48.9 Å². The van der Waals surface area contributed by atoms with Gasteiger partial charge in [-0.2, -0.15) is 5.26 Å². The Balaban J connectivity index is 1.82. The molecule has 0 radical (unpaired) electrons. The summed E-state index contributed by atoms with van der Waals surface area (Å²) >= 11 is 0. The molecule has 3 heteroatoms. The highest BCUT2D eigenvalue weighted by Gasteiger charge is 2.20. The van der Waals surface area contributed by atoms with Gasteiger partial charge in [0.1, 0.15) is 11.9 Å². The van der Waals surface area contributed by atoms with Crippen LogP contribution in [0.4, 0.5) is 4.39 Å². The van der Waals surface area contributed by atoms with E-state index in [0.717, 1.165) is 23.9 Å². The maximum atomic E-state index is 13.1. The minimum Gasteiger partial charge on any atom is -0.312 e. The molecular weight excluding hydrogens is 227 g/mol. The van der Waals surface area contributed by atoms with Crippen molar-refractivity contribution in [3.63, 3.8) is 0 Å². The Hall–Kier alpha value is -1.40. The molecule has 2 nitrogen and oxygen atoms in total. The summed E-state index contributed by atoms with van der Waals surface area (Å²) in [4.78, 5) is 0. The van der Waals surface area contributed by atoms with Gasteiger partial charge in [-0.3, -0.25) is 0 Å². The zero-order valence-electron chi connectivity index (χ0n) is 10.7. The SMILES string of the molecule is CC1CCC(CNCc2ccc(F)c(C#N)c2)C1. The van der Waals surface area contributed by atoms with Gasteiger partial charge in [0, 0.05) is 6.54 Å². The smallest absolute Gasteiger partial charge is 0.140 e. The molecule has 2 unspecified atom stereocenters. The molecular formula is C15H19FN2. The molecule has 0 saturated heterocycles. The zero-order valence-corrected chi connectivity index (χ0v) is 10.7. The Kier molecular flexibility index (Phi) is 4.33. The van der Waals surface area contributed by atoms with Crippen LogP contribution >= 0.6 is 0 Å². The predicted octanol–water partition coefficient (Wildman–Crippen LogP) is 3.22. The second-order valence-corrected chi connectivity index (χ2v) is 5.34. The molecule has 1 N–H and O–H groups in total. The highest BCUT2D eigenvalue weighted by Crippen LogP contribution is 2.29. The zero-order chi connectivity index (χ0) is 13.0. The van der Waals surface area contributed by atoms with Gasteiger partial charge in [-0.25, -0.2) is 4.39 Å². The van der Waals surface area contributed by atoms with E-state index in [-0.39, 0.29) is 5.56 Å². The fourth-order valence-electron chi connectivity index (χ4n) is 2.70. The molecule has 2 atom stereocenters. The number of rotatable bonds is 4. The second kappa shape index (κ2) is 5.97. The van der Waals surface area contributed by atoms with Crippen LogP contribution in [0.5, 0.6) is 0 Å². The summed E-state index contributed by atoms with van der Waals surface area (Å²) in [6.45, 7) is 4.03. The number of hydrogen-bond donors (Lipinski definition) is 1. The minimum absolute atomic E-state index is 0.129. The van der Waals surface area contributed by atoms with E-state index in [1.807, 2.05) is 6.07 Å².